The molecular formula is C21H23N5O3S. The van der Waals surface area contributed by atoms with Crippen molar-refractivity contribution in [1.29, 1.82) is 0 Å². The summed E-state index contributed by atoms with van der Waals surface area (Å²) < 4.78 is 11.5. The third-order valence-electron chi connectivity index (χ3n) is 5.52. The maximum atomic E-state index is 12.6. The lowest BCUT2D eigenvalue weighted by molar-refractivity contribution is 0.0741. The Kier molecular flexibility index (Phi) is 5.22. The van der Waals surface area contributed by atoms with Crippen molar-refractivity contribution in [3.8, 4) is 5.88 Å². The summed E-state index contributed by atoms with van der Waals surface area (Å²) >= 11 is 1.51. The molecular weight excluding hydrogens is 402 g/mol. The summed E-state index contributed by atoms with van der Waals surface area (Å²) in [6.07, 6.45) is 2.45. The lowest BCUT2D eigenvalue weighted by Crippen LogP contribution is -2.48. The molecule has 0 N–H and O–H groups in total. The van der Waals surface area contributed by atoms with Crippen LogP contribution in [0.2, 0.25) is 0 Å². The number of hydrogen-bond acceptors (Lipinski definition) is 8. The highest BCUT2D eigenvalue weighted by Crippen LogP contribution is 2.29. The second-order valence-electron chi connectivity index (χ2n) is 7.51. The van der Waals surface area contributed by atoms with Gasteiger partial charge < -0.3 is 19.3 Å². The third kappa shape index (κ3) is 3.82. The van der Waals surface area contributed by atoms with Crippen molar-refractivity contribution in [3.63, 3.8) is 0 Å². The number of carbonyl (C=O) groups is 1. The van der Waals surface area contributed by atoms with Crippen molar-refractivity contribution in [1.82, 2.24) is 19.9 Å². The Morgan fingerprint density at radius 2 is 2.10 bits per heavy atom. The lowest BCUT2D eigenvalue weighted by Gasteiger charge is -2.36. The third-order valence-corrected chi connectivity index (χ3v) is 6.29. The van der Waals surface area contributed by atoms with Crippen LogP contribution in [0.3, 0.4) is 0 Å². The number of amides is 1. The molecule has 2 saturated heterocycles. The number of carbonyl (C=O) groups excluding carboxylic acids is 1. The minimum absolute atomic E-state index is 0.0142. The van der Waals surface area contributed by atoms with E-state index in [1.54, 1.807) is 0 Å². The molecule has 0 radical (unpaired) electrons. The van der Waals surface area contributed by atoms with Gasteiger partial charge in [0.2, 0.25) is 5.88 Å². The first kappa shape index (κ1) is 19.2. The van der Waals surface area contributed by atoms with Gasteiger partial charge in [-0.25, -0.2) is 15.0 Å². The van der Waals surface area contributed by atoms with Crippen LogP contribution in [0.4, 0.5) is 5.69 Å². The van der Waals surface area contributed by atoms with Gasteiger partial charge in [0.1, 0.15) is 18.1 Å². The van der Waals surface area contributed by atoms with Crippen molar-refractivity contribution in [2.45, 2.75) is 19.4 Å². The summed E-state index contributed by atoms with van der Waals surface area (Å²) in [5.41, 5.74) is 2.49. The molecule has 3 aromatic rings. The predicted molar refractivity (Wildman–Crippen MR) is 114 cm³/mol. The van der Waals surface area contributed by atoms with Crippen LogP contribution in [0.1, 0.15) is 21.9 Å². The monoisotopic (exact) mass is 425 g/mol. The first-order valence-corrected chi connectivity index (χ1v) is 11.0. The van der Waals surface area contributed by atoms with Gasteiger partial charge in [-0.2, -0.15) is 0 Å². The van der Waals surface area contributed by atoms with Crippen LogP contribution < -0.4 is 9.64 Å². The van der Waals surface area contributed by atoms with Crippen LogP contribution in [0, 0.1) is 6.92 Å². The summed E-state index contributed by atoms with van der Waals surface area (Å²) in [4.78, 5) is 29.9. The van der Waals surface area contributed by atoms with E-state index < -0.39 is 0 Å². The normalized spacial score (nSPS) is 19.4. The van der Waals surface area contributed by atoms with E-state index in [0.29, 0.717) is 31.3 Å². The Labute approximate surface area is 178 Å². The number of hydrogen-bond donors (Lipinski definition) is 0. The highest BCUT2D eigenvalue weighted by molar-refractivity contribution is 7.09. The number of aryl methyl sites for hydroxylation is 1. The fourth-order valence-corrected chi connectivity index (χ4v) is 4.45. The Morgan fingerprint density at radius 1 is 1.23 bits per heavy atom. The number of nitrogens with zero attached hydrogens (tertiary/aromatic N) is 5. The Balaban J connectivity index is 1.31. The van der Waals surface area contributed by atoms with E-state index in [4.69, 9.17) is 9.47 Å². The number of piperazine rings is 1. The molecule has 0 spiro atoms. The minimum atomic E-state index is 0.0142. The van der Waals surface area contributed by atoms with E-state index in [1.165, 1.54) is 17.7 Å². The predicted octanol–water partition coefficient (Wildman–Crippen LogP) is 2.52. The van der Waals surface area contributed by atoms with Gasteiger partial charge in [-0.3, -0.25) is 4.79 Å². The van der Waals surface area contributed by atoms with E-state index in [1.807, 2.05) is 23.3 Å². The standard InChI is InChI=1S/C21H23N5O3S/c1-14-24-19(12-30-14)21(27)26-7-5-25(6-8-26)15-2-3-18-17(10-15)20(23-13-22-18)29-16-4-9-28-11-16/h2-3,10,12-13,16H,4-9,11H2,1H3. The summed E-state index contributed by atoms with van der Waals surface area (Å²) in [6, 6.07) is 6.15. The molecule has 9 heteroatoms. The number of rotatable bonds is 4. The molecule has 0 bridgehead atoms. The largest absolute Gasteiger partial charge is 0.471 e. The average Bonchev–Trinajstić information content (AvgIpc) is 3.45. The Bertz CT molecular complexity index is 1060. The van der Waals surface area contributed by atoms with Gasteiger partial charge in [0.15, 0.2) is 0 Å². The van der Waals surface area contributed by atoms with Crippen LogP contribution in [0.5, 0.6) is 5.88 Å². The summed E-state index contributed by atoms with van der Waals surface area (Å²) in [5, 5.41) is 3.65. The number of fused-ring (bicyclic) bond motifs is 1. The Morgan fingerprint density at radius 3 is 2.83 bits per heavy atom. The van der Waals surface area contributed by atoms with Gasteiger partial charge in [-0.1, -0.05) is 0 Å². The quantitative estimate of drug-likeness (QED) is 0.635. The van der Waals surface area contributed by atoms with Crippen molar-refractivity contribution >= 4 is 33.8 Å². The highest BCUT2D eigenvalue weighted by Gasteiger charge is 2.24. The molecule has 1 amide bonds. The summed E-state index contributed by atoms with van der Waals surface area (Å²) in [5.74, 6) is 0.616. The fourth-order valence-electron chi connectivity index (χ4n) is 3.87. The van der Waals surface area contributed by atoms with Gasteiger partial charge in [-0.05, 0) is 25.1 Å². The summed E-state index contributed by atoms with van der Waals surface area (Å²) in [7, 11) is 0. The zero-order valence-electron chi connectivity index (χ0n) is 16.8. The molecule has 1 aromatic carbocycles. The van der Waals surface area contributed by atoms with E-state index in [2.05, 4.69) is 32.0 Å². The average molecular weight is 426 g/mol. The minimum Gasteiger partial charge on any atom is -0.471 e. The molecule has 5 rings (SSSR count). The Hall–Kier alpha value is -2.78. The van der Waals surface area contributed by atoms with Crippen LogP contribution in [0.25, 0.3) is 10.9 Å². The first-order valence-electron chi connectivity index (χ1n) is 10.1. The second-order valence-corrected chi connectivity index (χ2v) is 8.58. The maximum absolute atomic E-state index is 12.6. The van der Waals surface area contributed by atoms with Crippen molar-refractivity contribution in [3.05, 3.63) is 40.6 Å². The molecule has 156 valence electrons. The molecule has 30 heavy (non-hydrogen) atoms. The second kappa shape index (κ2) is 8.16. The smallest absolute Gasteiger partial charge is 0.273 e. The molecule has 4 heterocycles. The maximum Gasteiger partial charge on any atom is 0.273 e. The first-order chi connectivity index (χ1) is 14.7. The van der Waals surface area contributed by atoms with Crippen LogP contribution in [0.15, 0.2) is 29.9 Å². The zero-order valence-corrected chi connectivity index (χ0v) is 17.6. The fraction of sp³-hybridized carbons (Fsp3) is 0.429. The highest BCUT2D eigenvalue weighted by atomic mass is 32.1. The van der Waals surface area contributed by atoms with E-state index in [-0.39, 0.29) is 12.0 Å². The van der Waals surface area contributed by atoms with Crippen molar-refractivity contribution in [2.75, 3.05) is 44.3 Å². The molecule has 2 aromatic heterocycles. The van der Waals surface area contributed by atoms with E-state index >= 15 is 0 Å². The van der Waals surface area contributed by atoms with Gasteiger partial charge in [0.25, 0.3) is 5.91 Å². The summed E-state index contributed by atoms with van der Waals surface area (Å²) in [6.45, 7) is 6.10. The van der Waals surface area contributed by atoms with Crippen molar-refractivity contribution in [2.24, 2.45) is 0 Å². The molecule has 1 unspecified atom stereocenters. The molecule has 8 nitrogen and oxygen atoms in total. The van der Waals surface area contributed by atoms with Gasteiger partial charge >= 0.3 is 0 Å². The SMILES string of the molecule is Cc1nc(C(=O)N2CCN(c3ccc4ncnc(OC5CCOC5)c4c3)CC2)cs1. The number of thiazole rings is 1. The van der Waals surface area contributed by atoms with Gasteiger partial charge in [0.05, 0.1) is 29.1 Å². The van der Waals surface area contributed by atoms with Gasteiger partial charge in [0, 0.05) is 43.7 Å². The molecule has 1 atom stereocenters. The topological polar surface area (TPSA) is 80.7 Å². The van der Waals surface area contributed by atoms with Crippen LogP contribution in [-0.2, 0) is 4.74 Å². The van der Waals surface area contributed by atoms with Crippen molar-refractivity contribution < 1.29 is 14.3 Å². The number of anilines is 1. The lowest BCUT2D eigenvalue weighted by atomic mass is 10.1. The molecule has 2 aliphatic rings. The number of benzene rings is 1. The number of ether oxygens (including phenoxy) is 2. The van der Waals surface area contributed by atoms with Crippen LogP contribution >= 0.6 is 11.3 Å². The molecule has 2 fully saturated rings. The van der Waals surface area contributed by atoms with Crippen LogP contribution in [-0.4, -0.2) is 71.3 Å². The molecule has 2 aliphatic heterocycles. The zero-order chi connectivity index (χ0) is 20.5. The molecule has 0 aliphatic carbocycles. The number of aromatic nitrogens is 3. The van der Waals surface area contributed by atoms with E-state index in [0.717, 1.165) is 47.7 Å². The van der Waals surface area contributed by atoms with E-state index in [9.17, 15) is 4.79 Å². The molecule has 0 saturated carbocycles. The van der Waals surface area contributed by atoms with Gasteiger partial charge in [-0.15, -0.1) is 11.3 Å².